The summed E-state index contributed by atoms with van der Waals surface area (Å²) in [5, 5.41) is 10.2. The van der Waals surface area contributed by atoms with Crippen LogP contribution in [0.5, 0.6) is 11.5 Å². The zero-order valence-corrected chi connectivity index (χ0v) is 14.4. The molecule has 0 unspecified atom stereocenters. The average molecular weight is 356 g/mol. The van der Waals surface area contributed by atoms with E-state index in [1.807, 2.05) is 13.0 Å². The maximum absolute atomic E-state index is 11.8. The van der Waals surface area contributed by atoms with Gasteiger partial charge in [-0.1, -0.05) is 11.6 Å². The van der Waals surface area contributed by atoms with Gasteiger partial charge < -0.3 is 13.9 Å². The summed E-state index contributed by atoms with van der Waals surface area (Å²) >= 11 is 6.19. The van der Waals surface area contributed by atoms with E-state index in [1.54, 1.807) is 30.3 Å². The van der Waals surface area contributed by atoms with Gasteiger partial charge in [-0.15, -0.1) is 0 Å². The van der Waals surface area contributed by atoms with Gasteiger partial charge in [0.1, 0.15) is 12.2 Å². The molecule has 0 N–H and O–H groups in total. The number of fused-ring (bicyclic) bond motifs is 1. The number of aryl methyl sites for hydroxylation is 1. The molecule has 126 valence electrons. The first-order valence-electron chi connectivity index (χ1n) is 7.45. The van der Waals surface area contributed by atoms with Crippen molar-refractivity contribution in [3.63, 3.8) is 0 Å². The Morgan fingerprint density at radius 2 is 2.00 bits per heavy atom. The van der Waals surface area contributed by atoms with Gasteiger partial charge >= 0.3 is 5.63 Å². The monoisotopic (exact) mass is 355 g/mol. The standard InChI is InChI=1S/C19H14ClNO4/c1-11-5-17-14(8-15(11)20)13(7-19(22)25-17)10-24-16-4-3-12(9-21)6-18(16)23-2/h3-8H,10H2,1-2H3. The van der Waals surface area contributed by atoms with Crippen molar-refractivity contribution in [1.82, 2.24) is 0 Å². The van der Waals surface area contributed by atoms with E-state index < -0.39 is 5.63 Å². The van der Waals surface area contributed by atoms with Gasteiger partial charge in [0, 0.05) is 28.1 Å². The van der Waals surface area contributed by atoms with Crippen LogP contribution < -0.4 is 15.1 Å². The summed E-state index contributed by atoms with van der Waals surface area (Å²) in [7, 11) is 1.50. The van der Waals surface area contributed by atoms with Crippen LogP contribution in [-0.4, -0.2) is 7.11 Å². The fourth-order valence-corrected chi connectivity index (χ4v) is 2.64. The summed E-state index contributed by atoms with van der Waals surface area (Å²) in [6, 6.07) is 11.8. The Hall–Kier alpha value is -2.97. The first-order chi connectivity index (χ1) is 12.0. The summed E-state index contributed by atoms with van der Waals surface area (Å²) in [4.78, 5) is 11.8. The van der Waals surface area contributed by atoms with Crippen LogP contribution in [0.4, 0.5) is 0 Å². The molecule has 0 fully saturated rings. The first kappa shape index (κ1) is 16.9. The molecule has 0 spiro atoms. The zero-order chi connectivity index (χ0) is 18.0. The number of hydrogen-bond acceptors (Lipinski definition) is 5. The Kier molecular flexibility index (Phi) is 4.64. The molecule has 2 aromatic carbocycles. The number of nitriles is 1. The summed E-state index contributed by atoms with van der Waals surface area (Å²) in [5.41, 5.74) is 1.94. The summed E-state index contributed by atoms with van der Waals surface area (Å²) in [5.74, 6) is 0.918. The number of rotatable bonds is 4. The Bertz CT molecular complexity index is 1050. The van der Waals surface area contributed by atoms with Crippen LogP contribution in [0.1, 0.15) is 16.7 Å². The lowest BCUT2D eigenvalue weighted by Gasteiger charge is -2.12. The van der Waals surface area contributed by atoms with Crippen LogP contribution in [0.2, 0.25) is 5.02 Å². The van der Waals surface area contributed by atoms with E-state index in [1.165, 1.54) is 13.2 Å². The van der Waals surface area contributed by atoms with Gasteiger partial charge in [-0.25, -0.2) is 4.79 Å². The molecular weight excluding hydrogens is 342 g/mol. The fourth-order valence-electron chi connectivity index (χ4n) is 2.48. The van der Waals surface area contributed by atoms with Crippen LogP contribution in [-0.2, 0) is 6.61 Å². The van der Waals surface area contributed by atoms with Crippen molar-refractivity contribution < 1.29 is 13.9 Å². The summed E-state index contributed by atoms with van der Waals surface area (Å²) < 4.78 is 16.3. The van der Waals surface area contributed by atoms with Crippen LogP contribution >= 0.6 is 11.6 Å². The third-order valence-corrected chi connectivity index (χ3v) is 4.19. The summed E-state index contributed by atoms with van der Waals surface area (Å²) in [6.07, 6.45) is 0. The van der Waals surface area contributed by atoms with E-state index in [0.29, 0.717) is 38.6 Å². The second kappa shape index (κ2) is 6.88. The summed E-state index contributed by atoms with van der Waals surface area (Å²) in [6.45, 7) is 1.97. The Labute approximate surface area is 149 Å². The number of nitrogens with zero attached hydrogens (tertiary/aromatic N) is 1. The average Bonchev–Trinajstić information content (AvgIpc) is 2.61. The predicted molar refractivity (Wildman–Crippen MR) is 94.3 cm³/mol. The van der Waals surface area contributed by atoms with Gasteiger partial charge in [0.2, 0.25) is 0 Å². The molecule has 25 heavy (non-hydrogen) atoms. The van der Waals surface area contributed by atoms with Crippen molar-refractivity contribution in [3.05, 3.63) is 68.5 Å². The van der Waals surface area contributed by atoms with Gasteiger partial charge in [0.25, 0.3) is 0 Å². The van der Waals surface area contributed by atoms with Crippen LogP contribution in [0.25, 0.3) is 11.0 Å². The van der Waals surface area contributed by atoms with Crippen LogP contribution in [0.3, 0.4) is 0 Å². The van der Waals surface area contributed by atoms with E-state index in [9.17, 15) is 4.79 Å². The third kappa shape index (κ3) is 3.44. The van der Waals surface area contributed by atoms with Gasteiger partial charge in [-0.3, -0.25) is 0 Å². The van der Waals surface area contributed by atoms with E-state index in [-0.39, 0.29) is 6.61 Å². The number of ether oxygens (including phenoxy) is 2. The molecular formula is C19H14ClNO4. The highest BCUT2D eigenvalue weighted by atomic mass is 35.5. The lowest BCUT2D eigenvalue weighted by molar-refractivity contribution is 0.285. The molecule has 5 nitrogen and oxygen atoms in total. The van der Waals surface area contributed by atoms with Crippen molar-refractivity contribution >= 4 is 22.6 Å². The Morgan fingerprint density at radius 1 is 1.20 bits per heavy atom. The maximum atomic E-state index is 11.8. The SMILES string of the molecule is COc1cc(C#N)ccc1OCc1cc(=O)oc2cc(C)c(Cl)cc12. The second-order valence-corrected chi connectivity index (χ2v) is 5.86. The van der Waals surface area contributed by atoms with E-state index in [4.69, 9.17) is 30.8 Å². The number of benzene rings is 2. The molecule has 0 radical (unpaired) electrons. The molecule has 0 bridgehead atoms. The van der Waals surface area contributed by atoms with Crippen molar-refractivity contribution in [2.45, 2.75) is 13.5 Å². The Morgan fingerprint density at radius 3 is 2.72 bits per heavy atom. The molecule has 0 saturated carbocycles. The molecule has 0 aliphatic heterocycles. The molecule has 6 heteroatoms. The number of hydrogen-bond donors (Lipinski definition) is 0. The predicted octanol–water partition coefficient (Wildman–Crippen LogP) is 4.21. The van der Waals surface area contributed by atoms with Crippen molar-refractivity contribution in [3.8, 4) is 17.6 Å². The minimum absolute atomic E-state index is 0.129. The second-order valence-electron chi connectivity index (χ2n) is 5.45. The third-order valence-electron chi connectivity index (χ3n) is 3.79. The highest BCUT2D eigenvalue weighted by molar-refractivity contribution is 6.32. The van der Waals surface area contributed by atoms with Gasteiger partial charge in [0.15, 0.2) is 11.5 Å². The molecule has 0 atom stereocenters. The quantitative estimate of drug-likeness (QED) is 0.655. The van der Waals surface area contributed by atoms with Crippen molar-refractivity contribution in [2.24, 2.45) is 0 Å². The van der Waals surface area contributed by atoms with E-state index in [2.05, 4.69) is 0 Å². The number of halogens is 1. The molecule has 0 aliphatic rings. The van der Waals surface area contributed by atoms with E-state index in [0.717, 1.165) is 5.56 Å². The fraction of sp³-hybridized carbons (Fsp3) is 0.158. The molecule has 3 aromatic rings. The van der Waals surface area contributed by atoms with Gasteiger partial charge in [-0.05, 0) is 36.8 Å². The molecule has 0 aliphatic carbocycles. The highest BCUT2D eigenvalue weighted by Crippen LogP contribution is 2.30. The van der Waals surface area contributed by atoms with E-state index >= 15 is 0 Å². The first-order valence-corrected chi connectivity index (χ1v) is 7.83. The minimum Gasteiger partial charge on any atom is -0.493 e. The van der Waals surface area contributed by atoms with Crippen molar-refractivity contribution in [2.75, 3.05) is 7.11 Å². The smallest absolute Gasteiger partial charge is 0.336 e. The molecule has 0 amide bonds. The molecule has 0 saturated heterocycles. The topological polar surface area (TPSA) is 72.5 Å². The van der Waals surface area contributed by atoms with Crippen molar-refractivity contribution in [1.29, 1.82) is 5.26 Å². The lowest BCUT2D eigenvalue weighted by Crippen LogP contribution is -2.05. The maximum Gasteiger partial charge on any atom is 0.336 e. The minimum atomic E-state index is -0.459. The zero-order valence-electron chi connectivity index (χ0n) is 13.6. The van der Waals surface area contributed by atoms with Gasteiger partial charge in [0.05, 0.1) is 18.7 Å². The van der Waals surface area contributed by atoms with Crippen LogP contribution in [0, 0.1) is 18.3 Å². The molecule has 1 heterocycles. The largest absolute Gasteiger partial charge is 0.493 e. The highest BCUT2D eigenvalue weighted by Gasteiger charge is 2.11. The lowest BCUT2D eigenvalue weighted by atomic mass is 10.1. The molecule has 3 rings (SSSR count). The molecule has 1 aromatic heterocycles. The van der Waals surface area contributed by atoms with Gasteiger partial charge in [-0.2, -0.15) is 5.26 Å². The number of methoxy groups -OCH3 is 1. The van der Waals surface area contributed by atoms with Crippen LogP contribution in [0.15, 0.2) is 45.6 Å². The Balaban J connectivity index is 1.98. The normalized spacial score (nSPS) is 10.5.